The van der Waals surface area contributed by atoms with E-state index in [1.165, 1.54) is 0 Å². The van der Waals surface area contributed by atoms with E-state index in [9.17, 15) is 9.18 Å². The summed E-state index contributed by atoms with van der Waals surface area (Å²) in [6, 6.07) is 0. The zero-order valence-electron chi connectivity index (χ0n) is 10.1. The normalized spacial score (nSPS) is 13.2. The van der Waals surface area contributed by atoms with Crippen molar-refractivity contribution < 1.29 is 13.9 Å². The Morgan fingerprint density at radius 2 is 2.00 bits per heavy atom. The molecule has 0 unspecified atom stereocenters. The number of amides is 1. The molecule has 0 aromatic carbocycles. The molecule has 0 saturated heterocycles. The minimum Gasteiger partial charge on any atom is -0.438 e. The summed E-state index contributed by atoms with van der Waals surface area (Å²) >= 11 is 0. The maximum absolute atomic E-state index is 12.7. The molecule has 17 heavy (non-hydrogen) atoms. The van der Waals surface area contributed by atoms with E-state index < -0.39 is 18.0 Å². The van der Waals surface area contributed by atoms with Crippen LogP contribution in [0.5, 0.6) is 0 Å². The molecule has 0 fully saturated rings. The van der Waals surface area contributed by atoms with Gasteiger partial charge in [0.2, 0.25) is 0 Å². The zero-order valence-corrected chi connectivity index (χ0v) is 10.1. The van der Waals surface area contributed by atoms with Gasteiger partial charge in [-0.25, -0.2) is 19.2 Å². The Kier molecular flexibility index (Phi) is 3.98. The molecule has 0 aliphatic carbocycles. The largest absolute Gasteiger partial charge is 0.438 e. The van der Waals surface area contributed by atoms with Gasteiger partial charge in [0.25, 0.3) is 0 Å². The molecule has 1 rings (SSSR count). The zero-order chi connectivity index (χ0) is 13.1. The molecule has 1 atom stereocenters. The fourth-order valence-corrected chi connectivity index (χ4v) is 1.37. The van der Waals surface area contributed by atoms with E-state index >= 15 is 0 Å². The summed E-state index contributed by atoms with van der Waals surface area (Å²) in [5, 5.41) is 0. The number of hydrogen-bond donors (Lipinski definition) is 1. The molecule has 6 heteroatoms. The quantitative estimate of drug-likeness (QED) is 0.879. The van der Waals surface area contributed by atoms with Crippen LogP contribution in [-0.2, 0) is 4.74 Å². The van der Waals surface area contributed by atoms with Gasteiger partial charge in [-0.3, -0.25) is 0 Å². The summed E-state index contributed by atoms with van der Waals surface area (Å²) < 4.78 is 17.6. The van der Waals surface area contributed by atoms with Gasteiger partial charge in [0.15, 0.2) is 17.7 Å². The van der Waals surface area contributed by atoms with Crippen molar-refractivity contribution in [1.29, 1.82) is 0 Å². The first-order chi connectivity index (χ1) is 7.78. The second-order valence-electron chi connectivity index (χ2n) is 4.95. The summed E-state index contributed by atoms with van der Waals surface area (Å²) in [7, 11) is 0. The van der Waals surface area contributed by atoms with Crippen molar-refractivity contribution in [2.24, 2.45) is 11.1 Å². The molecule has 1 aromatic heterocycles. The molecule has 0 saturated carbocycles. The lowest BCUT2D eigenvalue weighted by Gasteiger charge is -2.24. The van der Waals surface area contributed by atoms with E-state index in [0.717, 1.165) is 12.4 Å². The minimum absolute atomic E-state index is 0.0993. The van der Waals surface area contributed by atoms with Crippen LogP contribution in [-0.4, -0.2) is 16.1 Å². The van der Waals surface area contributed by atoms with Gasteiger partial charge < -0.3 is 10.5 Å². The van der Waals surface area contributed by atoms with Gasteiger partial charge in [0.1, 0.15) is 0 Å². The topological polar surface area (TPSA) is 78.1 Å². The Labute approximate surface area is 99.2 Å². The van der Waals surface area contributed by atoms with Crippen LogP contribution in [0.25, 0.3) is 0 Å². The molecule has 1 heterocycles. The number of nitrogens with two attached hydrogens (primary N) is 1. The number of carbonyl (C=O) groups excluding carboxylic acids is 1. The van der Waals surface area contributed by atoms with Crippen LogP contribution in [0.4, 0.5) is 9.18 Å². The van der Waals surface area contributed by atoms with E-state index in [1.54, 1.807) is 0 Å². The first-order valence-electron chi connectivity index (χ1n) is 5.21. The molecule has 0 aliphatic heterocycles. The molecule has 0 bridgehead atoms. The lowest BCUT2D eigenvalue weighted by Crippen LogP contribution is -2.23. The Hall–Kier alpha value is -1.72. The summed E-state index contributed by atoms with van der Waals surface area (Å²) in [5.74, 6) is -0.289. The van der Waals surface area contributed by atoms with Crippen LogP contribution in [0.15, 0.2) is 12.4 Å². The number of carbonyl (C=O) groups is 1. The van der Waals surface area contributed by atoms with Crippen molar-refractivity contribution in [3.63, 3.8) is 0 Å². The van der Waals surface area contributed by atoms with Gasteiger partial charge in [0.05, 0.1) is 12.4 Å². The minimum atomic E-state index is -0.896. The maximum Gasteiger partial charge on any atom is 0.405 e. The van der Waals surface area contributed by atoms with Crippen molar-refractivity contribution in [1.82, 2.24) is 9.97 Å². The number of ether oxygens (including phenoxy) is 1. The first-order valence-corrected chi connectivity index (χ1v) is 5.21. The molecule has 0 spiro atoms. The third kappa shape index (κ3) is 4.76. The standard InChI is InChI=1S/C11H16FN3O2/c1-11(2,3)4-8(17-10(13)16)9-14-5-7(12)6-15-9/h5-6,8H,4H2,1-3H3,(H2,13,16)/t8-/m0/s1. The number of halogens is 1. The fourth-order valence-electron chi connectivity index (χ4n) is 1.37. The second-order valence-corrected chi connectivity index (χ2v) is 4.95. The highest BCUT2D eigenvalue weighted by molar-refractivity contribution is 5.64. The van der Waals surface area contributed by atoms with E-state index in [0.29, 0.717) is 6.42 Å². The number of nitrogens with zero attached hydrogens (tertiary/aromatic N) is 2. The van der Waals surface area contributed by atoms with Crippen molar-refractivity contribution in [3.8, 4) is 0 Å². The van der Waals surface area contributed by atoms with Crippen LogP contribution < -0.4 is 5.73 Å². The fraction of sp³-hybridized carbons (Fsp3) is 0.545. The predicted molar refractivity (Wildman–Crippen MR) is 59.5 cm³/mol. The number of primary amides is 1. The molecule has 0 radical (unpaired) electrons. The van der Waals surface area contributed by atoms with Crippen LogP contribution >= 0.6 is 0 Å². The second kappa shape index (κ2) is 5.07. The lowest BCUT2D eigenvalue weighted by atomic mass is 9.89. The summed E-state index contributed by atoms with van der Waals surface area (Å²) in [6.07, 6.45) is 1.01. The molecule has 1 aromatic rings. The monoisotopic (exact) mass is 241 g/mol. The van der Waals surface area contributed by atoms with Gasteiger partial charge in [0, 0.05) is 0 Å². The van der Waals surface area contributed by atoms with E-state index in [2.05, 4.69) is 9.97 Å². The van der Waals surface area contributed by atoms with E-state index in [-0.39, 0.29) is 11.2 Å². The Morgan fingerprint density at radius 1 is 1.47 bits per heavy atom. The summed E-state index contributed by atoms with van der Waals surface area (Å²) in [6.45, 7) is 5.94. The number of aromatic nitrogens is 2. The first kappa shape index (κ1) is 13.3. The van der Waals surface area contributed by atoms with Crippen molar-refractivity contribution in [2.75, 3.05) is 0 Å². The van der Waals surface area contributed by atoms with Crippen molar-refractivity contribution in [3.05, 3.63) is 24.0 Å². The van der Waals surface area contributed by atoms with Crippen LogP contribution in [0.3, 0.4) is 0 Å². The highest BCUT2D eigenvalue weighted by Gasteiger charge is 2.25. The third-order valence-electron chi connectivity index (χ3n) is 1.98. The third-order valence-corrected chi connectivity index (χ3v) is 1.98. The molecular weight excluding hydrogens is 225 g/mol. The lowest BCUT2D eigenvalue weighted by molar-refractivity contribution is 0.0734. The van der Waals surface area contributed by atoms with Gasteiger partial charge in [-0.05, 0) is 11.8 Å². The average molecular weight is 241 g/mol. The Balaban J connectivity index is 2.89. The summed E-state index contributed by atoms with van der Waals surface area (Å²) in [5.41, 5.74) is 4.89. The highest BCUT2D eigenvalue weighted by Crippen LogP contribution is 2.30. The van der Waals surface area contributed by atoms with Crippen molar-refractivity contribution in [2.45, 2.75) is 33.3 Å². The van der Waals surface area contributed by atoms with E-state index in [1.807, 2.05) is 20.8 Å². The van der Waals surface area contributed by atoms with Crippen LogP contribution in [0.1, 0.15) is 39.1 Å². The van der Waals surface area contributed by atoms with Crippen LogP contribution in [0.2, 0.25) is 0 Å². The van der Waals surface area contributed by atoms with Gasteiger partial charge in [-0.15, -0.1) is 0 Å². The molecule has 5 nitrogen and oxygen atoms in total. The molecule has 0 aliphatic rings. The molecular formula is C11H16FN3O2. The SMILES string of the molecule is CC(C)(C)C[C@H](OC(N)=O)c1ncc(F)cn1. The number of rotatable bonds is 3. The number of hydrogen-bond acceptors (Lipinski definition) is 4. The van der Waals surface area contributed by atoms with Gasteiger partial charge in [-0.2, -0.15) is 0 Å². The average Bonchev–Trinajstić information content (AvgIpc) is 2.14. The molecule has 94 valence electrons. The van der Waals surface area contributed by atoms with E-state index in [4.69, 9.17) is 10.5 Å². The Morgan fingerprint density at radius 3 is 2.41 bits per heavy atom. The molecule has 1 amide bonds. The van der Waals surface area contributed by atoms with Gasteiger partial charge in [-0.1, -0.05) is 20.8 Å². The van der Waals surface area contributed by atoms with Crippen LogP contribution in [0, 0.1) is 11.2 Å². The predicted octanol–water partition coefficient (Wildman–Crippen LogP) is 2.19. The smallest absolute Gasteiger partial charge is 0.405 e. The highest BCUT2D eigenvalue weighted by atomic mass is 19.1. The van der Waals surface area contributed by atoms with Gasteiger partial charge >= 0.3 is 6.09 Å². The van der Waals surface area contributed by atoms with Crippen molar-refractivity contribution >= 4 is 6.09 Å². The maximum atomic E-state index is 12.7. The molecule has 2 N–H and O–H groups in total. The Bertz CT molecular complexity index is 387. The summed E-state index contributed by atoms with van der Waals surface area (Å²) in [4.78, 5) is 18.4.